The lowest BCUT2D eigenvalue weighted by Crippen LogP contribution is -2.31. The van der Waals surface area contributed by atoms with Gasteiger partial charge in [0, 0.05) is 12.1 Å². The van der Waals surface area contributed by atoms with E-state index >= 15 is 0 Å². The first-order chi connectivity index (χ1) is 10.6. The van der Waals surface area contributed by atoms with E-state index in [0.29, 0.717) is 18.1 Å². The quantitative estimate of drug-likeness (QED) is 0.582. The highest BCUT2D eigenvalue weighted by Gasteiger charge is 2.06. The lowest BCUT2D eigenvalue weighted by molar-refractivity contribution is 0.0697. The van der Waals surface area contributed by atoms with E-state index in [1.54, 1.807) is 31.2 Å². The maximum absolute atomic E-state index is 11.1. The van der Waals surface area contributed by atoms with Crippen LogP contribution in [0.5, 0.6) is 0 Å². The van der Waals surface area contributed by atoms with Gasteiger partial charge in [-0.2, -0.15) is 5.10 Å². The minimum atomic E-state index is -0.977. The van der Waals surface area contributed by atoms with Gasteiger partial charge in [0.25, 0.3) is 0 Å². The van der Waals surface area contributed by atoms with E-state index < -0.39 is 12.0 Å². The molecule has 22 heavy (non-hydrogen) atoms. The first kappa shape index (κ1) is 15.3. The maximum Gasteiger partial charge on any atom is 0.335 e. The van der Waals surface area contributed by atoms with Gasteiger partial charge in [-0.05, 0) is 31.2 Å². The molecule has 1 aromatic carbocycles. The number of hydrazone groups is 1. The fourth-order valence-electron chi connectivity index (χ4n) is 1.71. The SMILES string of the molecule is CCNC(=O)N/N=C/c1ccc(-c2ccc(C(=O)O)cc2)o1. The molecule has 7 nitrogen and oxygen atoms in total. The molecule has 114 valence electrons. The van der Waals surface area contributed by atoms with E-state index in [2.05, 4.69) is 15.8 Å². The topological polar surface area (TPSA) is 104 Å². The predicted molar refractivity (Wildman–Crippen MR) is 80.9 cm³/mol. The van der Waals surface area contributed by atoms with Gasteiger partial charge in [0.15, 0.2) is 0 Å². The molecule has 0 aliphatic carbocycles. The molecule has 0 fully saturated rings. The summed E-state index contributed by atoms with van der Waals surface area (Å²) in [6.07, 6.45) is 1.38. The second-order valence-electron chi connectivity index (χ2n) is 4.31. The van der Waals surface area contributed by atoms with Gasteiger partial charge in [-0.15, -0.1) is 0 Å². The molecule has 1 heterocycles. The van der Waals surface area contributed by atoms with Crippen LogP contribution in [-0.4, -0.2) is 29.9 Å². The summed E-state index contributed by atoms with van der Waals surface area (Å²) in [6, 6.07) is 9.38. The van der Waals surface area contributed by atoms with Crippen LogP contribution < -0.4 is 10.7 Å². The molecule has 2 aromatic rings. The Bertz CT molecular complexity index is 689. The summed E-state index contributed by atoms with van der Waals surface area (Å²) in [5, 5.41) is 15.1. The first-order valence-corrected chi connectivity index (χ1v) is 6.60. The number of nitrogens with zero attached hydrogens (tertiary/aromatic N) is 1. The van der Waals surface area contributed by atoms with Crippen LogP contribution in [-0.2, 0) is 0 Å². The van der Waals surface area contributed by atoms with E-state index in [1.165, 1.54) is 18.3 Å². The maximum atomic E-state index is 11.1. The molecule has 2 rings (SSSR count). The largest absolute Gasteiger partial charge is 0.478 e. The van der Waals surface area contributed by atoms with Gasteiger partial charge in [-0.3, -0.25) is 0 Å². The fourth-order valence-corrected chi connectivity index (χ4v) is 1.71. The molecule has 0 unspecified atom stereocenters. The van der Waals surface area contributed by atoms with E-state index in [-0.39, 0.29) is 5.56 Å². The molecule has 0 aliphatic rings. The van der Waals surface area contributed by atoms with Gasteiger partial charge in [0.05, 0.1) is 11.8 Å². The Labute approximate surface area is 126 Å². The number of furan rings is 1. The zero-order valence-electron chi connectivity index (χ0n) is 11.9. The highest BCUT2D eigenvalue weighted by molar-refractivity contribution is 5.88. The van der Waals surface area contributed by atoms with Gasteiger partial charge >= 0.3 is 12.0 Å². The molecule has 0 bridgehead atoms. The number of amides is 2. The summed E-state index contributed by atoms with van der Waals surface area (Å²) in [4.78, 5) is 21.9. The third kappa shape index (κ3) is 3.95. The smallest absolute Gasteiger partial charge is 0.335 e. The van der Waals surface area contributed by atoms with Crippen LogP contribution in [0.3, 0.4) is 0 Å². The van der Waals surface area contributed by atoms with Crippen molar-refractivity contribution < 1.29 is 19.1 Å². The lowest BCUT2D eigenvalue weighted by atomic mass is 10.1. The summed E-state index contributed by atoms with van der Waals surface area (Å²) < 4.78 is 5.54. The molecule has 3 N–H and O–H groups in total. The summed E-state index contributed by atoms with van der Waals surface area (Å²) in [5.74, 6) is 0.0701. The summed E-state index contributed by atoms with van der Waals surface area (Å²) in [6.45, 7) is 2.32. The van der Waals surface area contributed by atoms with Crippen molar-refractivity contribution in [3.05, 3.63) is 47.7 Å². The minimum Gasteiger partial charge on any atom is -0.478 e. The van der Waals surface area contributed by atoms with Crippen LogP contribution in [0.25, 0.3) is 11.3 Å². The van der Waals surface area contributed by atoms with Crippen molar-refractivity contribution in [1.82, 2.24) is 10.7 Å². The zero-order chi connectivity index (χ0) is 15.9. The van der Waals surface area contributed by atoms with Crippen LogP contribution in [0.2, 0.25) is 0 Å². The molecule has 0 radical (unpaired) electrons. The van der Waals surface area contributed by atoms with Gasteiger partial charge in [-0.25, -0.2) is 15.0 Å². The van der Waals surface area contributed by atoms with Crippen LogP contribution in [0, 0.1) is 0 Å². The summed E-state index contributed by atoms with van der Waals surface area (Å²) in [5.41, 5.74) is 3.26. The van der Waals surface area contributed by atoms with E-state index in [0.717, 1.165) is 5.56 Å². The molecular formula is C15H15N3O4. The number of rotatable bonds is 5. The standard InChI is InChI=1S/C15H15N3O4/c1-2-16-15(21)18-17-9-12-7-8-13(22-12)10-3-5-11(6-4-10)14(19)20/h3-9H,2H2,1H3,(H,19,20)(H2,16,18,21)/b17-9+. The van der Waals surface area contributed by atoms with E-state index in [9.17, 15) is 9.59 Å². The lowest BCUT2D eigenvalue weighted by Gasteiger charge is -1.99. The van der Waals surface area contributed by atoms with Crippen molar-refractivity contribution in [2.24, 2.45) is 5.10 Å². The van der Waals surface area contributed by atoms with E-state index in [1.807, 2.05) is 0 Å². The Kier molecular flexibility index (Phi) is 4.92. The average molecular weight is 301 g/mol. The Morgan fingerprint density at radius 1 is 1.23 bits per heavy atom. The number of hydrogen-bond donors (Lipinski definition) is 3. The number of carbonyl (C=O) groups is 2. The molecule has 0 saturated carbocycles. The Balaban J connectivity index is 2.03. The third-order valence-electron chi connectivity index (χ3n) is 2.74. The number of carbonyl (C=O) groups excluding carboxylic acids is 1. The van der Waals surface area contributed by atoms with Crippen LogP contribution >= 0.6 is 0 Å². The molecule has 0 spiro atoms. The van der Waals surface area contributed by atoms with Crippen LogP contribution in [0.1, 0.15) is 23.0 Å². The molecule has 1 aromatic heterocycles. The number of carboxylic acids is 1. The second kappa shape index (κ2) is 7.07. The number of urea groups is 1. The fraction of sp³-hybridized carbons (Fsp3) is 0.133. The molecular weight excluding hydrogens is 286 g/mol. The normalized spacial score (nSPS) is 10.6. The first-order valence-electron chi connectivity index (χ1n) is 6.60. The predicted octanol–water partition coefficient (Wildman–Crippen LogP) is 2.30. The highest BCUT2D eigenvalue weighted by Crippen LogP contribution is 2.22. The van der Waals surface area contributed by atoms with Crippen molar-refractivity contribution in [2.45, 2.75) is 6.92 Å². The number of nitrogens with one attached hydrogen (secondary N) is 2. The second-order valence-corrected chi connectivity index (χ2v) is 4.31. The van der Waals surface area contributed by atoms with Crippen LogP contribution in [0.4, 0.5) is 4.79 Å². The van der Waals surface area contributed by atoms with Gasteiger partial charge in [0.1, 0.15) is 11.5 Å². The van der Waals surface area contributed by atoms with E-state index in [4.69, 9.17) is 9.52 Å². The molecule has 0 aliphatic heterocycles. The molecule has 7 heteroatoms. The summed E-state index contributed by atoms with van der Waals surface area (Å²) in [7, 11) is 0. The summed E-state index contributed by atoms with van der Waals surface area (Å²) >= 11 is 0. The van der Waals surface area contributed by atoms with Crippen molar-refractivity contribution in [2.75, 3.05) is 6.54 Å². The van der Waals surface area contributed by atoms with Crippen molar-refractivity contribution in [3.8, 4) is 11.3 Å². The minimum absolute atomic E-state index is 0.211. The number of aromatic carboxylic acids is 1. The Hall–Kier alpha value is -3.09. The van der Waals surface area contributed by atoms with Gasteiger partial charge < -0.3 is 14.8 Å². The van der Waals surface area contributed by atoms with Crippen molar-refractivity contribution >= 4 is 18.2 Å². The zero-order valence-corrected chi connectivity index (χ0v) is 11.9. The van der Waals surface area contributed by atoms with Crippen molar-refractivity contribution in [1.29, 1.82) is 0 Å². The number of hydrogen-bond acceptors (Lipinski definition) is 4. The monoisotopic (exact) mass is 301 g/mol. The number of carboxylic acid groups (broad SMARTS) is 1. The molecule has 0 atom stereocenters. The average Bonchev–Trinajstić information content (AvgIpc) is 2.96. The molecule has 2 amide bonds. The van der Waals surface area contributed by atoms with Gasteiger partial charge in [-0.1, -0.05) is 12.1 Å². The highest BCUT2D eigenvalue weighted by atomic mass is 16.4. The third-order valence-corrected chi connectivity index (χ3v) is 2.74. The number of benzene rings is 1. The Morgan fingerprint density at radius 3 is 2.59 bits per heavy atom. The van der Waals surface area contributed by atoms with Crippen molar-refractivity contribution in [3.63, 3.8) is 0 Å². The Morgan fingerprint density at radius 2 is 1.95 bits per heavy atom. The van der Waals surface area contributed by atoms with Gasteiger partial charge in [0.2, 0.25) is 0 Å². The molecule has 0 saturated heterocycles. The van der Waals surface area contributed by atoms with Crippen LogP contribution in [0.15, 0.2) is 45.9 Å².